The SMILES string of the molecule is CCCCCCCCCCCCCCCC[n+]1cccc(C(=O)O)c1. The lowest BCUT2D eigenvalue weighted by Gasteiger charge is -2.03. The fraction of sp³-hybridized carbons (Fsp3) is 0.727. The molecule has 3 heteroatoms. The van der Waals surface area contributed by atoms with Gasteiger partial charge in [0, 0.05) is 12.5 Å². The molecule has 0 spiro atoms. The van der Waals surface area contributed by atoms with Crippen molar-refractivity contribution in [3.63, 3.8) is 0 Å². The van der Waals surface area contributed by atoms with Gasteiger partial charge in [-0.2, -0.15) is 0 Å². The van der Waals surface area contributed by atoms with Gasteiger partial charge in [0.2, 0.25) is 0 Å². The standard InChI is InChI=1S/C22H37NO2/c1-2-3-4-5-6-7-8-9-10-11-12-13-14-15-18-23-19-16-17-21(20-23)22(24)25/h16-17,19-20H,2-15,18H2,1H3/p+1. The van der Waals surface area contributed by atoms with Gasteiger partial charge in [-0.3, -0.25) is 0 Å². The molecule has 0 saturated heterocycles. The Hall–Kier alpha value is -1.38. The third-order valence-corrected chi connectivity index (χ3v) is 4.88. The number of pyridine rings is 1. The molecule has 1 rings (SSSR count). The Morgan fingerprint density at radius 3 is 1.80 bits per heavy atom. The first-order valence-electron chi connectivity index (χ1n) is 10.5. The zero-order valence-electron chi connectivity index (χ0n) is 16.2. The number of carboxylic acids is 1. The van der Waals surface area contributed by atoms with Gasteiger partial charge in [0.1, 0.15) is 12.1 Å². The highest BCUT2D eigenvalue weighted by molar-refractivity contribution is 5.86. The van der Waals surface area contributed by atoms with Crippen molar-refractivity contribution in [2.24, 2.45) is 0 Å². The quantitative estimate of drug-likeness (QED) is 0.287. The maximum absolute atomic E-state index is 10.9. The summed E-state index contributed by atoms with van der Waals surface area (Å²) in [7, 11) is 0. The predicted molar refractivity (Wildman–Crippen MR) is 104 cm³/mol. The lowest BCUT2D eigenvalue weighted by molar-refractivity contribution is -0.697. The van der Waals surface area contributed by atoms with Crippen LogP contribution in [-0.2, 0) is 6.54 Å². The third-order valence-electron chi connectivity index (χ3n) is 4.88. The van der Waals surface area contributed by atoms with E-state index in [0.29, 0.717) is 5.56 Å². The van der Waals surface area contributed by atoms with Crippen molar-refractivity contribution in [3.8, 4) is 0 Å². The minimum atomic E-state index is -0.852. The largest absolute Gasteiger partial charge is 0.477 e. The average molecular weight is 349 g/mol. The number of aryl methyl sites for hydroxylation is 1. The molecule has 0 radical (unpaired) electrons. The van der Waals surface area contributed by atoms with Crippen LogP contribution in [0.25, 0.3) is 0 Å². The van der Waals surface area contributed by atoms with Crippen LogP contribution in [0.4, 0.5) is 0 Å². The molecule has 25 heavy (non-hydrogen) atoms. The number of hydrogen-bond donors (Lipinski definition) is 1. The van der Waals surface area contributed by atoms with E-state index in [1.54, 1.807) is 12.3 Å². The number of carboxylic acid groups (broad SMARTS) is 1. The van der Waals surface area contributed by atoms with E-state index in [9.17, 15) is 4.79 Å². The monoisotopic (exact) mass is 348 g/mol. The zero-order chi connectivity index (χ0) is 18.2. The topological polar surface area (TPSA) is 41.2 Å². The van der Waals surface area contributed by atoms with Crippen molar-refractivity contribution in [1.82, 2.24) is 0 Å². The second kappa shape index (κ2) is 14.9. The van der Waals surface area contributed by atoms with E-state index < -0.39 is 5.97 Å². The van der Waals surface area contributed by atoms with E-state index in [2.05, 4.69) is 6.92 Å². The molecule has 0 amide bonds. The number of aromatic carboxylic acids is 1. The molecule has 1 aromatic heterocycles. The number of aromatic nitrogens is 1. The summed E-state index contributed by atoms with van der Waals surface area (Å²) in [5, 5.41) is 8.99. The van der Waals surface area contributed by atoms with E-state index in [1.807, 2.05) is 16.8 Å². The van der Waals surface area contributed by atoms with Crippen LogP contribution >= 0.6 is 0 Å². The molecule has 0 aliphatic carbocycles. The molecule has 0 saturated carbocycles. The number of unbranched alkanes of at least 4 members (excludes halogenated alkanes) is 13. The summed E-state index contributed by atoms with van der Waals surface area (Å²) >= 11 is 0. The Labute approximate surface area is 154 Å². The van der Waals surface area contributed by atoms with Gasteiger partial charge < -0.3 is 5.11 Å². The van der Waals surface area contributed by atoms with Gasteiger partial charge in [-0.05, 0) is 12.5 Å². The highest BCUT2D eigenvalue weighted by Crippen LogP contribution is 2.12. The lowest BCUT2D eigenvalue weighted by atomic mass is 10.0. The number of hydrogen-bond acceptors (Lipinski definition) is 1. The van der Waals surface area contributed by atoms with Crippen molar-refractivity contribution >= 4 is 5.97 Å². The molecule has 3 nitrogen and oxygen atoms in total. The molecule has 0 unspecified atom stereocenters. The molecule has 0 bridgehead atoms. The van der Waals surface area contributed by atoms with E-state index in [1.165, 1.54) is 83.5 Å². The first kappa shape index (κ1) is 21.7. The van der Waals surface area contributed by atoms with Gasteiger partial charge in [-0.15, -0.1) is 0 Å². The van der Waals surface area contributed by atoms with Crippen LogP contribution in [0.1, 0.15) is 107 Å². The van der Waals surface area contributed by atoms with Crippen LogP contribution in [0.3, 0.4) is 0 Å². The third kappa shape index (κ3) is 11.7. The van der Waals surface area contributed by atoms with Crippen LogP contribution in [0.15, 0.2) is 24.5 Å². The van der Waals surface area contributed by atoms with Crippen molar-refractivity contribution in [2.45, 2.75) is 103 Å². The minimum Gasteiger partial charge on any atom is -0.477 e. The summed E-state index contributed by atoms with van der Waals surface area (Å²) in [5.74, 6) is -0.852. The molecule has 0 aromatic carbocycles. The summed E-state index contributed by atoms with van der Waals surface area (Å²) in [4.78, 5) is 10.9. The highest BCUT2D eigenvalue weighted by Gasteiger charge is 2.08. The normalized spacial score (nSPS) is 10.9. The molecule has 1 heterocycles. The van der Waals surface area contributed by atoms with Crippen molar-refractivity contribution < 1.29 is 14.5 Å². The van der Waals surface area contributed by atoms with Crippen molar-refractivity contribution in [2.75, 3.05) is 0 Å². The average Bonchev–Trinajstić information content (AvgIpc) is 2.62. The summed E-state index contributed by atoms with van der Waals surface area (Å²) < 4.78 is 1.99. The van der Waals surface area contributed by atoms with Gasteiger partial charge in [0.15, 0.2) is 12.4 Å². The van der Waals surface area contributed by atoms with Crippen LogP contribution in [0.2, 0.25) is 0 Å². The molecule has 0 aliphatic heterocycles. The van der Waals surface area contributed by atoms with Crippen LogP contribution in [0.5, 0.6) is 0 Å². The summed E-state index contributed by atoms with van der Waals surface area (Å²) in [6.07, 6.45) is 22.7. The number of rotatable bonds is 16. The van der Waals surface area contributed by atoms with Gasteiger partial charge in [-0.25, -0.2) is 9.36 Å². The first-order valence-corrected chi connectivity index (χ1v) is 10.5. The second-order valence-electron chi connectivity index (χ2n) is 7.23. The molecule has 1 N–H and O–H groups in total. The van der Waals surface area contributed by atoms with Crippen molar-refractivity contribution in [1.29, 1.82) is 0 Å². The van der Waals surface area contributed by atoms with Gasteiger partial charge in [0.25, 0.3) is 0 Å². The van der Waals surface area contributed by atoms with Crippen molar-refractivity contribution in [3.05, 3.63) is 30.1 Å². The molecule has 0 atom stereocenters. The number of carbonyl (C=O) groups is 1. The Morgan fingerprint density at radius 2 is 1.32 bits per heavy atom. The predicted octanol–water partition coefficient (Wildman–Crippen LogP) is 6.15. The first-order chi connectivity index (χ1) is 12.2. The maximum atomic E-state index is 10.9. The highest BCUT2D eigenvalue weighted by atomic mass is 16.4. The second-order valence-corrected chi connectivity index (χ2v) is 7.23. The maximum Gasteiger partial charge on any atom is 0.341 e. The van der Waals surface area contributed by atoms with Gasteiger partial charge in [0.05, 0.1) is 0 Å². The van der Waals surface area contributed by atoms with Gasteiger partial charge >= 0.3 is 5.97 Å². The van der Waals surface area contributed by atoms with Crippen LogP contribution < -0.4 is 4.57 Å². The van der Waals surface area contributed by atoms with E-state index in [0.717, 1.165) is 13.0 Å². The molecule has 0 aliphatic rings. The lowest BCUT2D eigenvalue weighted by Crippen LogP contribution is -2.33. The molecule has 1 aromatic rings. The smallest absolute Gasteiger partial charge is 0.341 e. The van der Waals surface area contributed by atoms with E-state index >= 15 is 0 Å². The Bertz CT molecular complexity index is 459. The summed E-state index contributed by atoms with van der Waals surface area (Å²) in [6.45, 7) is 3.19. The summed E-state index contributed by atoms with van der Waals surface area (Å²) in [6, 6.07) is 3.46. The Balaban J connectivity index is 1.87. The fourth-order valence-corrected chi connectivity index (χ4v) is 3.28. The van der Waals surface area contributed by atoms with E-state index in [-0.39, 0.29) is 0 Å². The zero-order valence-corrected chi connectivity index (χ0v) is 16.2. The molecular formula is C22H38NO2+. The van der Waals surface area contributed by atoms with Crippen LogP contribution in [0, 0.1) is 0 Å². The fourth-order valence-electron chi connectivity index (χ4n) is 3.28. The molecular weight excluding hydrogens is 310 g/mol. The molecule has 142 valence electrons. The Morgan fingerprint density at radius 1 is 0.840 bits per heavy atom. The Kier molecular flexibility index (Phi) is 12.9. The van der Waals surface area contributed by atoms with Gasteiger partial charge in [-0.1, -0.05) is 84.0 Å². The van der Waals surface area contributed by atoms with Crippen LogP contribution in [-0.4, -0.2) is 11.1 Å². The summed E-state index contributed by atoms with van der Waals surface area (Å²) in [5.41, 5.74) is 0.368. The minimum absolute atomic E-state index is 0.368. The number of nitrogens with zero attached hydrogens (tertiary/aromatic N) is 1. The van der Waals surface area contributed by atoms with E-state index in [4.69, 9.17) is 5.11 Å². The molecule has 0 fully saturated rings.